The topological polar surface area (TPSA) is 0 Å². The summed E-state index contributed by atoms with van der Waals surface area (Å²) in [6.45, 7) is 31.6. The van der Waals surface area contributed by atoms with Crippen LogP contribution in [0, 0.1) is 13.8 Å². The van der Waals surface area contributed by atoms with Gasteiger partial charge < -0.3 is 0 Å². The summed E-state index contributed by atoms with van der Waals surface area (Å²) in [7, 11) is 0. The molecule has 2 rings (SSSR count). The Bertz CT molecular complexity index is 852. The molecule has 0 N–H and O–H groups in total. The maximum absolute atomic E-state index is 2.54. The van der Waals surface area contributed by atoms with E-state index in [2.05, 4.69) is 93.5 Å². The van der Waals surface area contributed by atoms with Crippen LogP contribution in [0.15, 0.2) is 24.3 Å². The Morgan fingerprint density at radius 2 is 0.821 bits per heavy atom. The smallest absolute Gasteiger partial charge is 0.00201 e. The highest BCUT2D eigenvalue weighted by Crippen LogP contribution is 2.34. The molecule has 0 saturated carbocycles. The van der Waals surface area contributed by atoms with Gasteiger partial charge in [-0.2, -0.15) is 0 Å². The van der Waals surface area contributed by atoms with Crippen LogP contribution in [0.4, 0.5) is 0 Å². The molecule has 0 aliphatic carbocycles. The Kier molecular flexibility index (Phi) is 18.0. The van der Waals surface area contributed by atoms with Crippen LogP contribution in [0.5, 0.6) is 0 Å². The number of hydrogen-bond donors (Lipinski definition) is 0. The van der Waals surface area contributed by atoms with Gasteiger partial charge in [0.05, 0.1) is 0 Å². The molecule has 0 unspecified atom stereocenters. The first kappa shape index (κ1) is 37.4. The maximum Gasteiger partial charge on any atom is -0.00201 e. The third kappa shape index (κ3) is 12.7. The molecular formula is C39H68. The van der Waals surface area contributed by atoms with Crippen molar-refractivity contribution in [2.45, 2.75) is 178 Å². The minimum atomic E-state index is 0.172. The van der Waals surface area contributed by atoms with Gasteiger partial charge in [0.1, 0.15) is 0 Å². The molecule has 0 aromatic heterocycles. The van der Waals surface area contributed by atoms with Crippen LogP contribution in [0.2, 0.25) is 0 Å². The first-order chi connectivity index (χ1) is 18.4. The molecule has 0 saturated heterocycles. The van der Waals surface area contributed by atoms with Gasteiger partial charge in [0.15, 0.2) is 0 Å². The summed E-state index contributed by atoms with van der Waals surface area (Å²) in [5.41, 5.74) is 12.6. The average molecular weight is 537 g/mol. The highest BCUT2D eigenvalue weighted by atomic mass is 14.3. The van der Waals surface area contributed by atoms with Gasteiger partial charge in [-0.25, -0.2) is 0 Å². The van der Waals surface area contributed by atoms with Crippen LogP contribution in [0.1, 0.15) is 179 Å². The third-order valence-corrected chi connectivity index (χ3v) is 7.79. The van der Waals surface area contributed by atoms with E-state index in [0.29, 0.717) is 0 Å². The molecule has 0 spiro atoms. The zero-order chi connectivity index (χ0) is 30.2. The summed E-state index contributed by atoms with van der Waals surface area (Å²) in [4.78, 5) is 0. The van der Waals surface area contributed by atoms with E-state index < -0.39 is 0 Å². The highest BCUT2D eigenvalue weighted by Gasteiger charge is 2.22. The van der Waals surface area contributed by atoms with E-state index in [-0.39, 0.29) is 10.8 Å². The predicted octanol–water partition coefficient (Wildman–Crippen LogP) is 12.8. The Balaban J connectivity index is 0.00000344. The minimum Gasteiger partial charge on any atom is -0.0683 e. The molecule has 39 heavy (non-hydrogen) atoms. The molecule has 0 fully saturated rings. The molecule has 0 aliphatic rings. The monoisotopic (exact) mass is 537 g/mol. The number of unbranched alkanes of at least 4 members (excludes halogenated alkanes) is 6. The molecule has 224 valence electrons. The van der Waals surface area contributed by atoms with Crippen LogP contribution in [0.3, 0.4) is 0 Å². The first-order valence-corrected chi connectivity index (χ1v) is 16.6. The van der Waals surface area contributed by atoms with Crippen LogP contribution in [-0.2, 0) is 30.1 Å². The van der Waals surface area contributed by atoms with Crippen LogP contribution in [0.25, 0.3) is 0 Å². The van der Waals surface area contributed by atoms with E-state index in [1.54, 1.807) is 0 Å². The van der Waals surface area contributed by atoms with Crippen LogP contribution < -0.4 is 0 Å². The summed E-state index contributed by atoms with van der Waals surface area (Å²) in [5.74, 6) is 0. The lowest BCUT2D eigenvalue weighted by atomic mass is 9.78. The van der Waals surface area contributed by atoms with Crippen molar-refractivity contribution in [1.29, 1.82) is 0 Å². The fourth-order valence-electron chi connectivity index (χ4n) is 5.61. The molecule has 0 nitrogen and oxygen atoms in total. The maximum atomic E-state index is 2.54. The summed E-state index contributed by atoms with van der Waals surface area (Å²) < 4.78 is 0. The van der Waals surface area contributed by atoms with Crippen molar-refractivity contribution in [2.24, 2.45) is 0 Å². The van der Waals surface area contributed by atoms with Crippen LogP contribution >= 0.6 is 0 Å². The van der Waals surface area contributed by atoms with Crippen molar-refractivity contribution in [2.75, 3.05) is 0 Å². The first-order valence-electron chi connectivity index (χ1n) is 16.6. The number of aryl methyl sites for hydroxylation is 2. The van der Waals surface area contributed by atoms with Gasteiger partial charge in [0.2, 0.25) is 0 Å². The summed E-state index contributed by atoms with van der Waals surface area (Å²) >= 11 is 0. The fourth-order valence-corrected chi connectivity index (χ4v) is 5.61. The minimum absolute atomic E-state index is 0.172. The third-order valence-electron chi connectivity index (χ3n) is 7.79. The Morgan fingerprint density at radius 3 is 1.10 bits per heavy atom. The predicted molar refractivity (Wildman–Crippen MR) is 181 cm³/mol. The molecule has 0 heterocycles. The van der Waals surface area contributed by atoms with Gasteiger partial charge >= 0.3 is 0 Å². The van der Waals surface area contributed by atoms with Gasteiger partial charge in [-0.1, -0.05) is 146 Å². The largest absolute Gasteiger partial charge is 0.0683 e. The number of rotatable bonds is 12. The van der Waals surface area contributed by atoms with E-state index in [9.17, 15) is 0 Å². The molecule has 0 amide bonds. The Labute approximate surface area is 246 Å². The van der Waals surface area contributed by atoms with E-state index in [1.165, 1.54) is 109 Å². The van der Waals surface area contributed by atoms with E-state index in [4.69, 9.17) is 0 Å². The van der Waals surface area contributed by atoms with Gasteiger partial charge in [-0.3, -0.25) is 0 Å². The molecule has 0 radical (unpaired) electrons. The summed E-state index contributed by atoms with van der Waals surface area (Å²) in [6, 6.07) is 10.1. The van der Waals surface area contributed by atoms with E-state index >= 15 is 0 Å². The summed E-state index contributed by atoms with van der Waals surface area (Å²) in [5, 5.41) is 0. The lowest BCUT2D eigenvalue weighted by Gasteiger charge is -2.27. The highest BCUT2D eigenvalue weighted by molar-refractivity contribution is 5.48. The standard InChI is InChI=1S/C35H56.2C2H6/c1-11-13-15-17-19-28-21-30(26(3)32(23-28)34(5,6)7)25-31-22-29(20-18-16-14-12-2)24-33(27(31)4)35(8,9)10;2*1-2/h21-24H,11-20,25H2,1-10H3;2*1-2H3. The van der Waals surface area contributed by atoms with Crippen molar-refractivity contribution < 1.29 is 0 Å². The van der Waals surface area contributed by atoms with Crippen molar-refractivity contribution >= 4 is 0 Å². The SMILES string of the molecule is CC.CC.CCCCCCc1cc(Cc2cc(CCCCCC)cc(C(C)(C)C)c2C)c(C)c(C(C)(C)C)c1. The summed E-state index contributed by atoms with van der Waals surface area (Å²) in [6.07, 6.45) is 14.1. The number of benzene rings is 2. The quantitative estimate of drug-likeness (QED) is 0.237. The van der Waals surface area contributed by atoms with E-state index in [0.717, 1.165) is 6.42 Å². The van der Waals surface area contributed by atoms with E-state index in [1.807, 2.05) is 27.7 Å². The second kappa shape index (κ2) is 18.7. The molecule has 2 aromatic rings. The fraction of sp³-hybridized carbons (Fsp3) is 0.692. The molecule has 0 atom stereocenters. The zero-order valence-electron chi connectivity index (χ0n) is 29.1. The van der Waals surface area contributed by atoms with Crippen LogP contribution in [-0.4, -0.2) is 0 Å². The Hall–Kier alpha value is -1.56. The molecule has 0 aliphatic heterocycles. The second-order valence-corrected chi connectivity index (χ2v) is 13.2. The second-order valence-electron chi connectivity index (χ2n) is 13.2. The van der Waals surface area contributed by atoms with Gasteiger partial charge in [-0.15, -0.1) is 0 Å². The number of hydrogen-bond acceptors (Lipinski definition) is 0. The molecule has 0 bridgehead atoms. The zero-order valence-corrected chi connectivity index (χ0v) is 29.1. The molecule has 2 aromatic carbocycles. The van der Waals surface area contributed by atoms with Gasteiger partial charge in [-0.05, 0) is 101 Å². The lowest BCUT2D eigenvalue weighted by Crippen LogP contribution is -2.17. The molecular weight excluding hydrogens is 468 g/mol. The normalized spacial score (nSPS) is 11.4. The van der Waals surface area contributed by atoms with Gasteiger partial charge in [0, 0.05) is 0 Å². The Morgan fingerprint density at radius 1 is 0.487 bits per heavy atom. The van der Waals surface area contributed by atoms with Crippen molar-refractivity contribution in [3.05, 3.63) is 68.8 Å². The molecule has 0 heteroatoms. The lowest BCUT2D eigenvalue weighted by molar-refractivity contribution is 0.581. The van der Waals surface area contributed by atoms with Crippen molar-refractivity contribution in [3.8, 4) is 0 Å². The van der Waals surface area contributed by atoms with Crippen molar-refractivity contribution in [1.82, 2.24) is 0 Å². The van der Waals surface area contributed by atoms with Gasteiger partial charge in [0.25, 0.3) is 0 Å². The van der Waals surface area contributed by atoms with Crippen molar-refractivity contribution in [3.63, 3.8) is 0 Å². The average Bonchev–Trinajstić information content (AvgIpc) is 2.88.